The summed E-state index contributed by atoms with van der Waals surface area (Å²) in [5.74, 6) is 0.942. The van der Waals surface area contributed by atoms with E-state index in [1.54, 1.807) is 0 Å². The molecule has 0 aromatic heterocycles. The van der Waals surface area contributed by atoms with Gasteiger partial charge in [-0.05, 0) is 76.3 Å². The van der Waals surface area contributed by atoms with Crippen LogP contribution < -0.4 is 0 Å². The van der Waals surface area contributed by atoms with Crippen LogP contribution in [0.2, 0.25) is 0 Å². The van der Waals surface area contributed by atoms with Gasteiger partial charge in [-0.15, -0.1) is 0 Å². The predicted molar refractivity (Wildman–Crippen MR) is 72.8 cm³/mol. The van der Waals surface area contributed by atoms with Crippen LogP contribution in [0.3, 0.4) is 0 Å². The minimum Gasteiger partial charge on any atom is -0.390 e. The molecule has 19 heavy (non-hydrogen) atoms. The number of nitrogens with zero attached hydrogens (tertiary/aromatic N) is 1. The van der Waals surface area contributed by atoms with Crippen LogP contribution in [0.25, 0.3) is 0 Å². The van der Waals surface area contributed by atoms with Gasteiger partial charge in [-0.2, -0.15) is 0 Å². The molecule has 0 bridgehead atoms. The largest absolute Gasteiger partial charge is 0.390 e. The third kappa shape index (κ3) is 1.33. The van der Waals surface area contributed by atoms with Crippen molar-refractivity contribution >= 4 is 5.78 Å². The van der Waals surface area contributed by atoms with Gasteiger partial charge in [-0.25, -0.2) is 0 Å². The van der Waals surface area contributed by atoms with E-state index in [-0.39, 0.29) is 11.0 Å². The van der Waals surface area contributed by atoms with Gasteiger partial charge >= 0.3 is 0 Å². The number of piperidine rings is 1. The molecule has 0 aromatic rings. The number of rotatable bonds is 0. The maximum atomic E-state index is 12.9. The van der Waals surface area contributed by atoms with Crippen molar-refractivity contribution in [3.63, 3.8) is 0 Å². The van der Waals surface area contributed by atoms with Crippen molar-refractivity contribution in [2.75, 3.05) is 13.1 Å². The van der Waals surface area contributed by atoms with Gasteiger partial charge in [0.1, 0.15) is 0 Å². The van der Waals surface area contributed by atoms with Crippen molar-refractivity contribution in [3.8, 4) is 0 Å². The Balaban J connectivity index is 1.80. The van der Waals surface area contributed by atoms with Crippen molar-refractivity contribution < 1.29 is 9.90 Å². The zero-order valence-corrected chi connectivity index (χ0v) is 12.0. The number of carbonyl (C=O) groups is 1. The van der Waals surface area contributed by atoms with Crippen LogP contribution in [-0.2, 0) is 4.79 Å². The molecule has 0 aromatic carbocycles. The minimum absolute atomic E-state index is 0.119. The molecule has 4 rings (SSSR count). The summed E-state index contributed by atoms with van der Waals surface area (Å²) in [7, 11) is 0. The summed E-state index contributed by atoms with van der Waals surface area (Å²) in [5.41, 5.74) is -0.448. The standard InChI is InChI=1S/C16H25NO2/c1-14(19)6-7-15-4-2-8-17-9-3-5-16(15,17)13(18)10-12(15)11-14/h12,19H,2-11H2,1H3/t12-,14-,15+,16?/m1/s1. The third-order valence-corrected chi connectivity index (χ3v) is 6.85. The van der Waals surface area contributed by atoms with E-state index in [0.717, 1.165) is 45.2 Å². The molecular weight excluding hydrogens is 238 g/mol. The average molecular weight is 263 g/mol. The van der Waals surface area contributed by atoms with Gasteiger partial charge in [0.2, 0.25) is 0 Å². The van der Waals surface area contributed by atoms with Gasteiger partial charge in [0.15, 0.2) is 5.78 Å². The molecule has 3 heteroatoms. The summed E-state index contributed by atoms with van der Waals surface area (Å²) in [4.78, 5) is 15.4. The Bertz CT molecular complexity index is 432. The van der Waals surface area contributed by atoms with Gasteiger partial charge in [0.25, 0.3) is 0 Å². The van der Waals surface area contributed by atoms with E-state index in [1.807, 2.05) is 6.92 Å². The molecule has 2 heterocycles. The Morgan fingerprint density at radius 1 is 1.16 bits per heavy atom. The van der Waals surface area contributed by atoms with Crippen molar-refractivity contribution in [2.24, 2.45) is 11.3 Å². The van der Waals surface area contributed by atoms with E-state index in [2.05, 4.69) is 4.90 Å². The molecule has 0 amide bonds. The van der Waals surface area contributed by atoms with Crippen molar-refractivity contribution in [3.05, 3.63) is 0 Å². The molecule has 1 unspecified atom stereocenters. The molecule has 2 aliphatic heterocycles. The molecule has 4 atom stereocenters. The average Bonchev–Trinajstić information content (AvgIpc) is 2.87. The highest BCUT2D eigenvalue weighted by Gasteiger charge is 2.70. The van der Waals surface area contributed by atoms with Crippen LogP contribution in [-0.4, -0.2) is 40.0 Å². The molecule has 2 saturated carbocycles. The molecule has 106 valence electrons. The first kappa shape index (κ1) is 12.3. The maximum Gasteiger partial charge on any atom is 0.153 e. The van der Waals surface area contributed by atoms with Gasteiger partial charge in [0.05, 0.1) is 11.1 Å². The maximum absolute atomic E-state index is 12.9. The summed E-state index contributed by atoms with van der Waals surface area (Å²) in [5, 5.41) is 10.4. The van der Waals surface area contributed by atoms with E-state index in [0.29, 0.717) is 11.7 Å². The van der Waals surface area contributed by atoms with Gasteiger partial charge < -0.3 is 5.11 Å². The van der Waals surface area contributed by atoms with Crippen LogP contribution in [0, 0.1) is 11.3 Å². The van der Waals surface area contributed by atoms with Gasteiger partial charge in [0, 0.05) is 6.42 Å². The lowest BCUT2D eigenvalue weighted by Crippen LogP contribution is -2.63. The second kappa shape index (κ2) is 3.62. The first-order valence-corrected chi connectivity index (χ1v) is 8.01. The highest BCUT2D eigenvalue weighted by molar-refractivity contribution is 5.93. The molecule has 4 aliphatic rings. The highest BCUT2D eigenvalue weighted by Crippen LogP contribution is 2.66. The van der Waals surface area contributed by atoms with E-state index in [4.69, 9.17) is 0 Å². The zero-order valence-electron chi connectivity index (χ0n) is 12.0. The topological polar surface area (TPSA) is 40.5 Å². The van der Waals surface area contributed by atoms with Crippen LogP contribution in [0.1, 0.15) is 58.3 Å². The highest BCUT2D eigenvalue weighted by atomic mass is 16.3. The Kier molecular flexibility index (Phi) is 2.35. The molecule has 4 fully saturated rings. The number of ketones is 1. The Hall–Kier alpha value is -0.410. The Labute approximate surface area is 115 Å². The number of Topliss-reactive ketones (excluding diaryl/α,β-unsaturated/α-hetero) is 1. The predicted octanol–water partition coefficient (Wildman–Crippen LogP) is 2.13. The molecule has 2 spiro atoms. The fourth-order valence-electron chi connectivity index (χ4n) is 6.19. The Morgan fingerprint density at radius 3 is 2.68 bits per heavy atom. The zero-order chi connectivity index (χ0) is 13.3. The van der Waals surface area contributed by atoms with Crippen molar-refractivity contribution in [2.45, 2.75) is 69.4 Å². The third-order valence-electron chi connectivity index (χ3n) is 6.85. The smallest absolute Gasteiger partial charge is 0.153 e. The van der Waals surface area contributed by atoms with E-state index in [1.165, 1.54) is 19.3 Å². The second-order valence-corrected chi connectivity index (χ2v) is 7.74. The summed E-state index contributed by atoms with van der Waals surface area (Å²) in [6.07, 6.45) is 8.25. The normalized spacial score (nSPS) is 53.8. The van der Waals surface area contributed by atoms with Crippen LogP contribution in [0.5, 0.6) is 0 Å². The number of hydrogen-bond donors (Lipinski definition) is 1. The van der Waals surface area contributed by atoms with E-state index < -0.39 is 5.60 Å². The minimum atomic E-state index is -0.539. The van der Waals surface area contributed by atoms with Crippen molar-refractivity contribution in [1.82, 2.24) is 4.90 Å². The fraction of sp³-hybridized carbons (Fsp3) is 0.938. The van der Waals surface area contributed by atoms with E-state index >= 15 is 0 Å². The lowest BCUT2D eigenvalue weighted by molar-refractivity contribution is -0.143. The van der Waals surface area contributed by atoms with Crippen LogP contribution in [0.4, 0.5) is 0 Å². The molecule has 2 aliphatic carbocycles. The van der Waals surface area contributed by atoms with Crippen molar-refractivity contribution in [1.29, 1.82) is 0 Å². The molecule has 3 nitrogen and oxygen atoms in total. The molecular formula is C16H25NO2. The number of hydrogen-bond acceptors (Lipinski definition) is 3. The van der Waals surface area contributed by atoms with Gasteiger partial charge in [-0.1, -0.05) is 0 Å². The Morgan fingerprint density at radius 2 is 1.89 bits per heavy atom. The molecule has 2 saturated heterocycles. The molecule has 0 radical (unpaired) electrons. The van der Waals surface area contributed by atoms with Crippen LogP contribution >= 0.6 is 0 Å². The van der Waals surface area contributed by atoms with Gasteiger partial charge in [-0.3, -0.25) is 9.69 Å². The lowest BCUT2D eigenvalue weighted by atomic mass is 9.54. The summed E-state index contributed by atoms with van der Waals surface area (Å²) < 4.78 is 0. The van der Waals surface area contributed by atoms with Crippen LogP contribution in [0.15, 0.2) is 0 Å². The second-order valence-electron chi connectivity index (χ2n) is 7.74. The quantitative estimate of drug-likeness (QED) is 0.728. The number of carbonyl (C=O) groups excluding carboxylic acids is 1. The first-order chi connectivity index (χ1) is 9.00. The monoisotopic (exact) mass is 263 g/mol. The number of aliphatic hydroxyl groups is 1. The first-order valence-electron chi connectivity index (χ1n) is 8.01. The summed E-state index contributed by atoms with van der Waals surface area (Å²) in [6, 6.07) is 0. The summed E-state index contributed by atoms with van der Waals surface area (Å²) >= 11 is 0. The molecule has 1 N–H and O–H groups in total. The summed E-state index contributed by atoms with van der Waals surface area (Å²) in [6.45, 7) is 4.21. The van der Waals surface area contributed by atoms with E-state index in [9.17, 15) is 9.90 Å². The SMILES string of the molecule is C[C@@]1(O)CC[C@]23CCCN4CCCC42C(=O)C[C@@H]3C1. The lowest BCUT2D eigenvalue weighted by Gasteiger charge is -2.57. The fourth-order valence-corrected chi connectivity index (χ4v) is 6.19.